The van der Waals surface area contributed by atoms with E-state index in [-0.39, 0.29) is 35.5 Å². The van der Waals surface area contributed by atoms with Crippen LogP contribution in [0.25, 0.3) is 0 Å². The molecule has 0 aliphatic carbocycles. The van der Waals surface area contributed by atoms with E-state index in [0.717, 1.165) is 11.5 Å². The molecule has 2 atom stereocenters. The number of carboxylic acids is 1. The number of amides is 2. The Kier molecular flexibility index (Phi) is 8.19. The van der Waals surface area contributed by atoms with Crippen molar-refractivity contribution in [1.29, 1.82) is 0 Å². The van der Waals surface area contributed by atoms with Crippen molar-refractivity contribution in [3.8, 4) is 0 Å². The summed E-state index contributed by atoms with van der Waals surface area (Å²) >= 11 is 4.87. The van der Waals surface area contributed by atoms with Gasteiger partial charge in [-0.05, 0) is 5.57 Å². The molecule has 0 aromatic carbocycles. The summed E-state index contributed by atoms with van der Waals surface area (Å²) in [6.45, 7) is 3.81. The van der Waals surface area contributed by atoms with Gasteiger partial charge in [-0.25, -0.2) is 4.79 Å². The number of aromatic nitrogens is 4. The number of oxime groups is 1. The van der Waals surface area contributed by atoms with Gasteiger partial charge in [0.25, 0.3) is 11.8 Å². The second kappa shape index (κ2) is 11.3. The van der Waals surface area contributed by atoms with Crippen molar-refractivity contribution in [2.24, 2.45) is 10.9 Å². The number of β-lactam (4-membered cyclic amide) rings is 1. The molecule has 0 bridgehead atoms. The largest absolute Gasteiger partial charge is 0.477 e. The number of carbonyl (C=O) groups is 3. The van der Waals surface area contributed by atoms with Crippen LogP contribution in [0.5, 0.6) is 0 Å². The van der Waals surface area contributed by atoms with E-state index in [1.807, 2.05) is 0 Å². The predicted octanol–water partition coefficient (Wildman–Crippen LogP) is -0.132. The highest BCUT2D eigenvalue weighted by atomic mass is 32.2. The summed E-state index contributed by atoms with van der Waals surface area (Å²) in [6, 6.07) is -0.970. The minimum atomic E-state index is -1.23. The molecular weight excluding hydrogens is 551 g/mol. The molecule has 4 heterocycles. The molecule has 1 fully saturated rings. The highest BCUT2D eigenvalue weighted by Crippen LogP contribution is 2.41. The van der Waals surface area contributed by atoms with Gasteiger partial charge in [-0.15, -0.1) is 22.0 Å². The second-order valence-corrected chi connectivity index (χ2v) is 11.2. The smallest absolute Gasteiger partial charge is 0.352 e. The minimum Gasteiger partial charge on any atom is -0.477 e. The molecule has 0 radical (unpaired) electrons. The van der Waals surface area contributed by atoms with Crippen molar-refractivity contribution in [2.75, 3.05) is 23.8 Å². The number of carbonyl (C=O) groups excluding carboxylic acids is 2. The van der Waals surface area contributed by atoms with Gasteiger partial charge in [0.2, 0.25) is 11.5 Å². The maximum Gasteiger partial charge on any atom is 0.352 e. The first-order valence-electron chi connectivity index (χ1n) is 10.1. The van der Waals surface area contributed by atoms with Gasteiger partial charge >= 0.3 is 5.97 Å². The first-order chi connectivity index (χ1) is 17.3. The Balaban J connectivity index is 1.48. The lowest BCUT2D eigenvalue weighted by atomic mass is 10.0. The van der Waals surface area contributed by atoms with Crippen LogP contribution in [0.2, 0.25) is 0 Å². The van der Waals surface area contributed by atoms with Crippen molar-refractivity contribution in [3.63, 3.8) is 0 Å². The average Bonchev–Trinajstić information content (AvgIpc) is 3.51. The van der Waals surface area contributed by atoms with Gasteiger partial charge in [0.15, 0.2) is 9.47 Å². The fourth-order valence-electron chi connectivity index (χ4n) is 3.20. The van der Waals surface area contributed by atoms with Crippen LogP contribution >= 0.6 is 46.4 Å². The summed E-state index contributed by atoms with van der Waals surface area (Å²) in [7, 11) is 0. The van der Waals surface area contributed by atoms with Gasteiger partial charge in [-0.1, -0.05) is 40.9 Å². The van der Waals surface area contributed by atoms with E-state index in [1.165, 1.54) is 45.8 Å². The van der Waals surface area contributed by atoms with Crippen LogP contribution in [0.15, 0.2) is 33.4 Å². The van der Waals surface area contributed by atoms with Gasteiger partial charge in [-0.2, -0.15) is 9.36 Å². The molecule has 190 valence electrons. The Bertz CT molecular complexity index is 1260. The first-order valence-corrected chi connectivity index (χ1v) is 13.7. The van der Waals surface area contributed by atoms with Crippen LogP contribution in [0.4, 0.5) is 5.13 Å². The third kappa shape index (κ3) is 5.36. The van der Waals surface area contributed by atoms with E-state index >= 15 is 0 Å². The molecule has 1 unspecified atom stereocenters. The molecule has 2 aliphatic heterocycles. The lowest BCUT2D eigenvalue weighted by Crippen LogP contribution is -2.71. The Morgan fingerprint density at radius 2 is 2.22 bits per heavy atom. The summed E-state index contributed by atoms with van der Waals surface area (Å²) in [5.41, 5.74) is 11.4. The van der Waals surface area contributed by atoms with Crippen LogP contribution in [-0.2, 0) is 25.8 Å². The predicted molar refractivity (Wildman–Crippen MR) is 135 cm³/mol. The van der Waals surface area contributed by atoms with E-state index in [4.69, 9.17) is 16.3 Å². The highest BCUT2D eigenvalue weighted by molar-refractivity contribution is 8.01. The van der Waals surface area contributed by atoms with Gasteiger partial charge in [-0.3, -0.25) is 14.5 Å². The molecule has 0 saturated carbocycles. The maximum absolute atomic E-state index is 13.0. The van der Waals surface area contributed by atoms with Crippen LogP contribution in [0.1, 0.15) is 10.8 Å². The third-order valence-electron chi connectivity index (χ3n) is 4.75. The molecule has 36 heavy (non-hydrogen) atoms. The van der Waals surface area contributed by atoms with Gasteiger partial charge < -0.3 is 26.7 Å². The number of nitrogens with one attached hydrogen (secondary N) is 1. The van der Waals surface area contributed by atoms with Gasteiger partial charge in [0.1, 0.15) is 28.7 Å². The molecule has 1 saturated heterocycles. The molecule has 2 amide bonds. The summed E-state index contributed by atoms with van der Waals surface area (Å²) < 4.78 is 4.62. The molecule has 6 N–H and O–H groups in total. The standard InChI is InChI=1S/C18H19N9O5S4/c1-2-3-32-25-9(12-22-17(20)36-26-12)13(28)21-10-14(29)27-11(16(30)31)7(5-33-15(10)27)6-34-18-24-23-8(4-19)35-18/h2,10,15H,1,3-6,19H2,(H,21,28)(H,30,31)(H2,20,22,26)/b25-9-/t10?,15-/m1/s1. The summed E-state index contributed by atoms with van der Waals surface area (Å²) in [4.78, 5) is 48.1. The molecule has 2 aromatic heterocycles. The fourth-order valence-corrected chi connectivity index (χ4v) is 6.90. The Morgan fingerprint density at radius 3 is 2.86 bits per heavy atom. The summed E-state index contributed by atoms with van der Waals surface area (Å²) in [5, 5.41) is 24.4. The number of thioether (sulfide) groups is 2. The van der Waals surface area contributed by atoms with Gasteiger partial charge in [0.05, 0.1) is 0 Å². The van der Waals surface area contributed by atoms with Crippen LogP contribution in [0.3, 0.4) is 0 Å². The van der Waals surface area contributed by atoms with Crippen molar-refractivity contribution in [1.82, 2.24) is 29.8 Å². The normalized spacial score (nSPS) is 19.5. The lowest BCUT2D eigenvalue weighted by molar-refractivity contribution is -0.150. The minimum absolute atomic E-state index is 0.0309. The number of hydrogen-bond acceptors (Lipinski definition) is 15. The van der Waals surface area contributed by atoms with Crippen molar-refractivity contribution >= 4 is 75.0 Å². The molecular formula is C18H19N9O5S4. The lowest BCUT2D eigenvalue weighted by Gasteiger charge is -2.49. The fraction of sp³-hybridized carbons (Fsp3) is 0.333. The molecule has 2 aromatic rings. The van der Waals surface area contributed by atoms with E-state index in [2.05, 4.69) is 36.6 Å². The Hall–Kier alpha value is -3.06. The number of anilines is 1. The van der Waals surface area contributed by atoms with Crippen LogP contribution < -0.4 is 16.8 Å². The molecule has 0 spiro atoms. The van der Waals surface area contributed by atoms with E-state index in [9.17, 15) is 19.5 Å². The summed E-state index contributed by atoms with van der Waals surface area (Å²) in [6.07, 6.45) is 1.44. The molecule has 2 aliphatic rings. The number of rotatable bonds is 11. The number of fused-ring (bicyclic) bond motifs is 1. The van der Waals surface area contributed by atoms with Crippen LogP contribution in [0, 0.1) is 0 Å². The van der Waals surface area contributed by atoms with E-state index < -0.39 is 29.2 Å². The highest BCUT2D eigenvalue weighted by Gasteiger charge is 2.54. The van der Waals surface area contributed by atoms with E-state index in [0.29, 0.717) is 26.4 Å². The van der Waals surface area contributed by atoms with Gasteiger partial charge in [0, 0.05) is 29.6 Å². The zero-order valence-corrected chi connectivity index (χ0v) is 21.6. The number of nitrogens with zero attached hydrogens (tertiary/aromatic N) is 6. The topological polar surface area (TPSA) is 212 Å². The monoisotopic (exact) mass is 569 g/mol. The van der Waals surface area contributed by atoms with Crippen molar-refractivity contribution in [3.05, 3.63) is 34.8 Å². The Morgan fingerprint density at radius 1 is 1.42 bits per heavy atom. The average molecular weight is 570 g/mol. The first kappa shape index (κ1) is 26.0. The molecule has 14 nitrogen and oxygen atoms in total. The number of hydrogen-bond donors (Lipinski definition) is 4. The number of aliphatic carboxylic acids is 1. The number of nitrogens with two attached hydrogens (primary N) is 2. The summed E-state index contributed by atoms with van der Waals surface area (Å²) in [5.74, 6) is -1.93. The zero-order valence-electron chi connectivity index (χ0n) is 18.3. The molecule has 4 rings (SSSR count). The quantitative estimate of drug-likeness (QED) is 0.0694. The van der Waals surface area contributed by atoms with Crippen molar-refractivity contribution < 1.29 is 24.3 Å². The SMILES string of the molecule is C=CCO/N=C(\C(=O)NC1C(=O)N2C(C(=O)O)=C(CSc3nnc(CN)s3)CS[C@H]12)c1nsc(N)n1. The second-order valence-electron chi connectivity index (χ2n) is 7.05. The zero-order chi connectivity index (χ0) is 25.8. The number of nitrogen functional groups attached to an aromatic ring is 1. The van der Waals surface area contributed by atoms with Crippen molar-refractivity contribution in [2.45, 2.75) is 22.3 Å². The maximum atomic E-state index is 13.0. The number of carboxylic acid groups (broad SMARTS) is 1. The Labute approximate surface area is 220 Å². The molecule has 18 heteroatoms. The third-order valence-corrected chi connectivity index (χ3v) is 8.79. The van der Waals surface area contributed by atoms with Crippen LogP contribution in [-0.4, -0.2) is 82.6 Å². The van der Waals surface area contributed by atoms with E-state index in [1.54, 1.807) is 0 Å².